The van der Waals surface area contributed by atoms with Crippen LogP contribution in [0, 0.1) is 5.92 Å². The van der Waals surface area contributed by atoms with Crippen molar-refractivity contribution in [1.82, 2.24) is 4.90 Å². The molecular formula is C39H77NO5. The van der Waals surface area contributed by atoms with Gasteiger partial charge in [0.25, 0.3) is 0 Å². The van der Waals surface area contributed by atoms with Gasteiger partial charge in [0.2, 0.25) is 0 Å². The number of carbonyl (C=O) groups is 2. The molecule has 1 N–H and O–H groups in total. The van der Waals surface area contributed by atoms with Crippen LogP contribution in [-0.4, -0.2) is 60.9 Å². The maximum Gasteiger partial charge on any atom is 0.308 e. The summed E-state index contributed by atoms with van der Waals surface area (Å²) in [6, 6.07) is 0. The van der Waals surface area contributed by atoms with Crippen LogP contribution in [0.25, 0.3) is 0 Å². The molecule has 0 bridgehead atoms. The van der Waals surface area contributed by atoms with Crippen molar-refractivity contribution in [1.29, 1.82) is 0 Å². The Balaban J connectivity index is 3.75. The molecule has 0 aliphatic carbocycles. The van der Waals surface area contributed by atoms with E-state index in [0.717, 1.165) is 96.7 Å². The summed E-state index contributed by atoms with van der Waals surface area (Å²) in [6.07, 6.45) is 29.6. The Morgan fingerprint density at radius 3 is 1.64 bits per heavy atom. The van der Waals surface area contributed by atoms with Gasteiger partial charge in [0.15, 0.2) is 0 Å². The number of hydrogen-bond donors (Lipinski definition) is 1. The Morgan fingerprint density at radius 1 is 0.600 bits per heavy atom. The first-order valence-electron chi connectivity index (χ1n) is 19.7. The summed E-state index contributed by atoms with van der Waals surface area (Å²) in [6.45, 7) is 12.2. The van der Waals surface area contributed by atoms with E-state index in [2.05, 4.69) is 25.7 Å². The topological polar surface area (TPSA) is 76.1 Å². The van der Waals surface area contributed by atoms with Crippen molar-refractivity contribution in [3.8, 4) is 0 Å². The van der Waals surface area contributed by atoms with E-state index in [-0.39, 0.29) is 30.6 Å². The Hall–Kier alpha value is -1.14. The summed E-state index contributed by atoms with van der Waals surface area (Å²) < 4.78 is 11.2. The van der Waals surface area contributed by atoms with Crippen molar-refractivity contribution in [3.63, 3.8) is 0 Å². The minimum Gasteiger partial charge on any atom is -0.465 e. The fourth-order valence-corrected chi connectivity index (χ4v) is 6.08. The summed E-state index contributed by atoms with van der Waals surface area (Å²) in [4.78, 5) is 26.9. The minimum atomic E-state index is -0.0347. The molecule has 0 aromatic carbocycles. The van der Waals surface area contributed by atoms with E-state index in [9.17, 15) is 14.7 Å². The van der Waals surface area contributed by atoms with Crippen molar-refractivity contribution in [3.05, 3.63) is 0 Å². The second-order valence-electron chi connectivity index (χ2n) is 13.5. The van der Waals surface area contributed by atoms with Gasteiger partial charge in [-0.1, -0.05) is 130 Å². The fraction of sp³-hybridized carbons (Fsp3) is 0.949. The van der Waals surface area contributed by atoms with E-state index in [1.165, 1.54) is 83.5 Å². The van der Waals surface area contributed by atoms with Crippen LogP contribution in [0.15, 0.2) is 0 Å². The molecule has 268 valence electrons. The third-order valence-electron chi connectivity index (χ3n) is 9.16. The Labute approximate surface area is 280 Å². The molecule has 0 saturated heterocycles. The Bertz CT molecular complexity index is 643. The number of aliphatic hydroxyl groups is 1. The predicted octanol–water partition coefficient (Wildman–Crippen LogP) is 10.6. The highest BCUT2D eigenvalue weighted by molar-refractivity contribution is 5.72. The lowest BCUT2D eigenvalue weighted by Crippen LogP contribution is -2.29. The lowest BCUT2D eigenvalue weighted by Gasteiger charge is -2.21. The van der Waals surface area contributed by atoms with Crippen LogP contribution >= 0.6 is 0 Å². The van der Waals surface area contributed by atoms with Crippen LogP contribution in [0.3, 0.4) is 0 Å². The number of ether oxygens (including phenoxy) is 2. The summed E-state index contributed by atoms with van der Waals surface area (Å²) in [5, 5.41) is 9.48. The molecule has 2 atom stereocenters. The fourth-order valence-electron chi connectivity index (χ4n) is 6.08. The molecule has 0 saturated carbocycles. The average molecular weight is 640 g/mol. The number of rotatable bonds is 35. The van der Waals surface area contributed by atoms with Crippen molar-refractivity contribution in [2.75, 3.05) is 32.8 Å². The second-order valence-corrected chi connectivity index (χ2v) is 13.5. The molecule has 6 heteroatoms. The van der Waals surface area contributed by atoms with Crippen LogP contribution in [0.4, 0.5) is 0 Å². The van der Waals surface area contributed by atoms with Crippen molar-refractivity contribution in [2.45, 2.75) is 201 Å². The summed E-state index contributed by atoms with van der Waals surface area (Å²) in [7, 11) is 0. The molecule has 0 fully saturated rings. The van der Waals surface area contributed by atoms with Gasteiger partial charge < -0.3 is 19.5 Å². The van der Waals surface area contributed by atoms with E-state index >= 15 is 0 Å². The zero-order chi connectivity index (χ0) is 33.2. The normalized spacial score (nSPS) is 12.8. The molecule has 0 rings (SSSR count). The summed E-state index contributed by atoms with van der Waals surface area (Å²) in [5.41, 5.74) is 0. The van der Waals surface area contributed by atoms with Gasteiger partial charge in [-0.25, -0.2) is 0 Å². The lowest BCUT2D eigenvalue weighted by molar-refractivity contribution is -0.149. The summed E-state index contributed by atoms with van der Waals surface area (Å²) in [5.74, 6) is 0.0512. The molecule has 0 aromatic heterocycles. The molecule has 0 spiro atoms. The first-order chi connectivity index (χ1) is 22.0. The summed E-state index contributed by atoms with van der Waals surface area (Å²) >= 11 is 0. The van der Waals surface area contributed by atoms with Gasteiger partial charge >= 0.3 is 11.9 Å². The smallest absolute Gasteiger partial charge is 0.308 e. The van der Waals surface area contributed by atoms with Gasteiger partial charge in [0, 0.05) is 13.0 Å². The molecule has 0 aromatic rings. The van der Waals surface area contributed by atoms with Crippen LogP contribution in [0.1, 0.15) is 195 Å². The van der Waals surface area contributed by atoms with Gasteiger partial charge in [-0.2, -0.15) is 0 Å². The average Bonchev–Trinajstić information content (AvgIpc) is 3.02. The highest BCUT2D eigenvalue weighted by Crippen LogP contribution is 2.17. The quantitative estimate of drug-likeness (QED) is 0.0549. The Morgan fingerprint density at radius 2 is 1.09 bits per heavy atom. The zero-order valence-corrected chi connectivity index (χ0v) is 30.6. The van der Waals surface area contributed by atoms with E-state index in [1.807, 2.05) is 6.92 Å². The number of nitrogens with zero attached hydrogens (tertiary/aromatic N) is 1. The van der Waals surface area contributed by atoms with E-state index in [0.29, 0.717) is 13.0 Å². The number of hydrogen-bond acceptors (Lipinski definition) is 6. The largest absolute Gasteiger partial charge is 0.465 e. The van der Waals surface area contributed by atoms with Crippen LogP contribution < -0.4 is 0 Å². The predicted molar refractivity (Wildman–Crippen MR) is 191 cm³/mol. The first-order valence-corrected chi connectivity index (χ1v) is 19.7. The van der Waals surface area contributed by atoms with E-state index < -0.39 is 0 Å². The second kappa shape index (κ2) is 34.2. The third kappa shape index (κ3) is 30.0. The van der Waals surface area contributed by atoms with Crippen molar-refractivity contribution >= 4 is 11.9 Å². The number of aliphatic hydroxyl groups excluding tert-OH is 1. The van der Waals surface area contributed by atoms with Gasteiger partial charge in [-0.15, -0.1) is 0 Å². The van der Waals surface area contributed by atoms with Gasteiger partial charge in [-0.05, 0) is 71.4 Å². The molecule has 0 aliphatic heterocycles. The SMILES string of the molecule is CCCCCCCCC(C)OC(=O)CCCCCCCN(CCO)CCCCCCCOC(=O)C(CC)CCCCCCCC. The Kier molecular flexibility index (Phi) is 33.3. The van der Waals surface area contributed by atoms with E-state index in [1.54, 1.807) is 0 Å². The molecule has 6 nitrogen and oxygen atoms in total. The van der Waals surface area contributed by atoms with E-state index in [4.69, 9.17) is 9.47 Å². The van der Waals surface area contributed by atoms with Crippen molar-refractivity contribution < 1.29 is 24.2 Å². The zero-order valence-electron chi connectivity index (χ0n) is 30.6. The van der Waals surface area contributed by atoms with Crippen LogP contribution in [0.5, 0.6) is 0 Å². The molecule has 0 amide bonds. The highest BCUT2D eigenvalue weighted by Gasteiger charge is 2.17. The molecule has 0 aliphatic rings. The third-order valence-corrected chi connectivity index (χ3v) is 9.16. The number of carbonyl (C=O) groups excluding carboxylic acids is 2. The number of esters is 2. The maximum absolute atomic E-state index is 12.4. The lowest BCUT2D eigenvalue weighted by atomic mass is 9.98. The maximum atomic E-state index is 12.4. The molecule has 45 heavy (non-hydrogen) atoms. The first kappa shape index (κ1) is 43.9. The van der Waals surface area contributed by atoms with Crippen LogP contribution in [0.2, 0.25) is 0 Å². The molecule has 0 radical (unpaired) electrons. The van der Waals surface area contributed by atoms with Crippen molar-refractivity contribution in [2.24, 2.45) is 5.92 Å². The number of unbranched alkanes of at least 4 members (excludes halogenated alkanes) is 18. The van der Waals surface area contributed by atoms with Gasteiger partial charge in [-0.3, -0.25) is 9.59 Å². The van der Waals surface area contributed by atoms with Gasteiger partial charge in [0.05, 0.1) is 25.2 Å². The molecular weight excluding hydrogens is 562 g/mol. The van der Waals surface area contributed by atoms with Crippen LogP contribution in [-0.2, 0) is 19.1 Å². The minimum absolute atomic E-state index is 0.0110. The monoisotopic (exact) mass is 640 g/mol. The molecule has 2 unspecified atom stereocenters. The molecule has 0 heterocycles. The van der Waals surface area contributed by atoms with Gasteiger partial charge in [0.1, 0.15) is 0 Å². The standard InChI is InChI=1S/C39H77NO5/c1-5-8-10-12-16-22-28-36(4)45-38(42)30-24-18-14-19-25-31-40(33-34-41)32-26-20-15-21-27-35-44-39(43)37(7-3)29-23-17-13-11-9-6-2/h36-37,41H,5-35H2,1-4H3. The highest BCUT2D eigenvalue weighted by atomic mass is 16.5.